The maximum Gasteiger partial charge on any atom is 0.408 e. The fourth-order valence-electron chi connectivity index (χ4n) is 3.68. The van der Waals surface area contributed by atoms with Crippen molar-refractivity contribution in [2.45, 2.75) is 89.3 Å². The van der Waals surface area contributed by atoms with Crippen molar-refractivity contribution < 1.29 is 19.5 Å². The van der Waals surface area contributed by atoms with E-state index in [9.17, 15) is 14.8 Å². The lowest BCUT2D eigenvalue weighted by molar-refractivity contribution is -0.185. The molecule has 0 aromatic carbocycles. The van der Waals surface area contributed by atoms with Crippen LogP contribution in [0.4, 0.5) is 4.79 Å². The van der Waals surface area contributed by atoms with Crippen molar-refractivity contribution >= 4 is 12.0 Å². The Hall–Kier alpha value is -1.34. The van der Waals surface area contributed by atoms with Gasteiger partial charge in [0.1, 0.15) is 11.1 Å². The van der Waals surface area contributed by atoms with Crippen LogP contribution in [0.5, 0.6) is 0 Å². The van der Waals surface area contributed by atoms with Crippen LogP contribution in [0, 0.1) is 0 Å². The number of hydrogen-bond donors (Lipinski definition) is 3. The summed E-state index contributed by atoms with van der Waals surface area (Å²) in [5.74, 6) is -0.398. The second-order valence-electron chi connectivity index (χ2n) is 8.25. The van der Waals surface area contributed by atoms with Crippen molar-refractivity contribution in [2.24, 2.45) is 0 Å². The number of carbonyl (C=O) groups excluding carboxylic acids is 2. The lowest BCUT2D eigenvalue weighted by Crippen LogP contribution is -2.62. The fourth-order valence-corrected chi connectivity index (χ4v) is 3.68. The number of alkyl carbamates (subject to hydrolysis) is 1. The molecule has 2 fully saturated rings. The Balaban J connectivity index is 2.11. The third kappa shape index (κ3) is 5.57. The van der Waals surface area contributed by atoms with Crippen molar-refractivity contribution in [3.8, 4) is 0 Å². The third-order valence-electron chi connectivity index (χ3n) is 4.96. The average Bonchev–Trinajstić information content (AvgIpc) is 2.81. The van der Waals surface area contributed by atoms with Crippen LogP contribution in [0.15, 0.2) is 0 Å². The van der Waals surface area contributed by atoms with E-state index in [1.807, 2.05) is 0 Å². The van der Waals surface area contributed by atoms with Gasteiger partial charge in [0.2, 0.25) is 0 Å². The molecular weight excluding hydrogens is 322 g/mol. The number of hydroxylamine groups is 2. The number of nitrogens with one attached hydrogen (secondary N) is 2. The zero-order valence-electron chi connectivity index (χ0n) is 15.8. The van der Waals surface area contributed by atoms with Gasteiger partial charge in [0, 0.05) is 0 Å². The van der Waals surface area contributed by atoms with Crippen LogP contribution in [0.3, 0.4) is 0 Å². The standard InChI is InChI=1S/C18H33N3O4/c1-17(2,3)25-16(23)20-18(10-5-4-6-11-18)15(22)21(24)14-8-7-12-19-13-9-14/h14,19,24H,4-13H2,1-3H3,(H,20,23). The monoisotopic (exact) mass is 355 g/mol. The Morgan fingerprint density at radius 1 is 1.12 bits per heavy atom. The highest BCUT2D eigenvalue weighted by atomic mass is 16.6. The largest absolute Gasteiger partial charge is 0.444 e. The van der Waals surface area contributed by atoms with E-state index in [2.05, 4.69) is 10.6 Å². The Morgan fingerprint density at radius 2 is 1.80 bits per heavy atom. The van der Waals surface area contributed by atoms with Crippen LogP contribution in [-0.2, 0) is 9.53 Å². The molecule has 0 bridgehead atoms. The summed E-state index contributed by atoms with van der Waals surface area (Å²) < 4.78 is 5.35. The van der Waals surface area contributed by atoms with Crippen LogP contribution in [0.1, 0.15) is 72.1 Å². The van der Waals surface area contributed by atoms with E-state index < -0.39 is 23.1 Å². The molecule has 1 heterocycles. The predicted molar refractivity (Wildman–Crippen MR) is 94.3 cm³/mol. The van der Waals surface area contributed by atoms with Crippen molar-refractivity contribution in [3.63, 3.8) is 0 Å². The molecule has 7 heteroatoms. The van der Waals surface area contributed by atoms with Crippen molar-refractivity contribution in [1.29, 1.82) is 0 Å². The van der Waals surface area contributed by atoms with Crippen molar-refractivity contribution in [2.75, 3.05) is 13.1 Å². The molecule has 0 aromatic heterocycles. The van der Waals surface area contributed by atoms with Crippen molar-refractivity contribution in [1.82, 2.24) is 15.7 Å². The molecule has 25 heavy (non-hydrogen) atoms. The molecule has 1 atom stereocenters. The van der Waals surface area contributed by atoms with Gasteiger partial charge in [-0.1, -0.05) is 19.3 Å². The summed E-state index contributed by atoms with van der Waals surface area (Å²) in [6, 6.07) is -0.207. The van der Waals surface area contributed by atoms with Gasteiger partial charge in [0.15, 0.2) is 0 Å². The summed E-state index contributed by atoms with van der Waals surface area (Å²) in [5.41, 5.74) is -1.69. The first-order valence-corrected chi connectivity index (χ1v) is 9.48. The highest BCUT2D eigenvalue weighted by Crippen LogP contribution is 2.31. The van der Waals surface area contributed by atoms with E-state index in [0.717, 1.165) is 50.3 Å². The third-order valence-corrected chi connectivity index (χ3v) is 4.96. The van der Waals surface area contributed by atoms with Gasteiger partial charge in [-0.3, -0.25) is 10.0 Å². The summed E-state index contributed by atoms with van der Waals surface area (Å²) >= 11 is 0. The topological polar surface area (TPSA) is 90.9 Å². The molecule has 3 N–H and O–H groups in total. The Labute approximate surface area is 150 Å². The Kier molecular flexibility index (Phi) is 6.68. The van der Waals surface area contributed by atoms with Crippen molar-refractivity contribution in [3.05, 3.63) is 0 Å². The smallest absolute Gasteiger partial charge is 0.408 e. The summed E-state index contributed by atoms with van der Waals surface area (Å²) in [4.78, 5) is 25.4. The normalized spacial score (nSPS) is 24.1. The lowest BCUT2D eigenvalue weighted by Gasteiger charge is -2.40. The Bertz CT molecular complexity index is 461. The SMILES string of the molecule is CC(C)(C)OC(=O)NC1(C(=O)N(O)C2CCCNCC2)CCCCC1. The molecular formula is C18H33N3O4. The molecule has 1 unspecified atom stereocenters. The molecule has 2 aliphatic rings. The number of rotatable bonds is 3. The Morgan fingerprint density at radius 3 is 2.44 bits per heavy atom. The first-order valence-electron chi connectivity index (χ1n) is 9.48. The molecule has 7 nitrogen and oxygen atoms in total. The molecule has 0 radical (unpaired) electrons. The van der Waals surface area contributed by atoms with Gasteiger partial charge < -0.3 is 15.4 Å². The predicted octanol–water partition coefficient (Wildman–Crippen LogP) is 2.57. The van der Waals surface area contributed by atoms with Gasteiger partial charge in [-0.05, 0) is 66.0 Å². The second kappa shape index (κ2) is 8.36. The van der Waals surface area contributed by atoms with Crippen LogP contribution < -0.4 is 10.6 Å². The minimum atomic E-state index is -1.06. The maximum atomic E-state index is 13.1. The average molecular weight is 355 g/mol. The number of hydrogen-bond acceptors (Lipinski definition) is 5. The number of ether oxygens (including phenoxy) is 1. The summed E-state index contributed by atoms with van der Waals surface area (Å²) in [6.45, 7) is 7.05. The van der Waals surface area contributed by atoms with E-state index in [0.29, 0.717) is 19.3 Å². The van der Waals surface area contributed by atoms with Crippen LogP contribution in [0.2, 0.25) is 0 Å². The fraction of sp³-hybridized carbons (Fsp3) is 0.889. The van der Waals surface area contributed by atoms with Crippen LogP contribution in [0.25, 0.3) is 0 Å². The molecule has 1 saturated heterocycles. The first-order chi connectivity index (χ1) is 11.7. The van der Waals surface area contributed by atoms with E-state index in [4.69, 9.17) is 4.74 Å². The highest BCUT2D eigenvalue weighted by molar-refractivity contribution is 5.89. The summed E-state index contributed by atoms with van der Waals surface area (Å²) in [5, 5.41) is 17.6. The molecule has 1 saturated carbocycles. The molecule has 1 aliphatic carbocycles. The highest BCUT2D eigenvalue weighted by Gasteiger charge is 2.45. The van der Waals surface area contributed by atoms with E-state index in [1.54, 1.807) is 20.8 Å². The minimum absolute atomic E-state index is 0.207. The number of amides is 2. The quantitative estimate of drug-likeness (QED) is 0.535. The van der Waals surface area contributed by atoms with Crippen LogP contribution >= 0.6 is 0 Å². The molecule has 144 valence electrons. The summed E-state index contributed by atoms with van der Waals surface area (Å²) in [7, 11) is 0. The van der Waals surface area contributed by atoms with Gasteiger partial charge in [-0.2, -0.15) is 0 Å². The zero-order valence-corrected chi connectivity index (χ0v) is 15.8. The van der Waals surface area contributed by atoms with Gasteiger partial charge in [-0.25, -0.2) is 9.86 Å². The zero-order chi connectivity index (χ0) is 18.5. The minimum Gasteiger partial charge on any atom is -0.444 e. The number of carbonyl (C=O) groups is 2. The molecule has 1 aliphatic heterocycles. The first kappa shape index (κ1) is 20.0. The van der Waals surface area contributed by atoms with Gasteiger partial charge in [0.25, 0.3) is 5.91 Å². The van der Waals surface area contributed by atoms with E-state index >= 15 is 0 Å². The maximum absolute atomic E-state index is 13.1. The van der Waals surface area contributed by atoms with Gasteiger partial charge in [-0.15, -0.1) is 0 Å². The van der Waals surface area contributed by atoms with Crippen LogP contribution in [-0.4, -0.2) is 52.5 Å². The van der Waals surface area contributed by atoms with Gasteiger partial charge in [0.05, 0.1) is 6.04 Å². The molecule has 2 amide bonds. The molecule has 0 spiro atoms. The lowest BCUT2D eigenvalue weighted by atomic mass is 9.80. The second-order valence-corrected chi connectivity index (χ2v) is 8.25. The number of nitrogens with zero attached hydrogens (tertiary/aromatic N) is 1. The molecule has 2 rings (SSSR count). The summed E-state index contributed by atoms with van der Waals surface area (Å²) in [6.07, 6.45) is 5.59. The van der Waals surface area contributed by atoms with Gasteiger partial charge >= 0.3 is 6.09 Å². The molecule has 0 aromatic rings. The van der Waals surface area contributed by atoms with E-state index in [1.165, 1.54) is 0 Å². The van der Waals surface area contributed by atoms with E-state index in [-0.39, 0.29) is 6.04 Å².